The largest absolute Gasteiger partial charge is 0.475 e. The molecule has 0 bridgehead atoms. The molecule has 0 aromatic carbocycles. The Bertz CT molecular complexity index is 680. The first kappa shape index (κ1) is 20.5. The van der Waals surface area contributed by atoms with Crippen molar-refractivity contribution >= 4 is 19.7 Å². The zero-order valence-electron chi connectivity index (χ0n) is 14.7. The summed E-state index contributed by atoms with van der Waals surface area (Å²) in [5.41, 5.74) is 0.0944. The van der Waals surface area contributed by atoms with Crippen molar-refractivity contribution in [2.24, 2.45) is 5.41 Å². The molecule has 2 heterocycles. The number of rotatable bonds is 7. The molecule has 1 aromatic rings. The van der Waals surface area contributed by atoms with Gasteiger partial charge in [-0.05, 0) is 17.7 Å². The summed E-state index contributed by atoms with van der Waals surface area (Å²) in [7, 11) is -0.805. The zero-order valence-corrected chi connectivity index (χ0v) is 15.6. The Morgan fingerprint density at radius 2 is 2.12 bits per heavy atom. The van der Waals surface area contributed by atoms with E-state index in [0.29, 0.717) is 0 Å². The highest BCUT2D eigenvalue weighted by atomic mass is 31.2. The molecule has 143 valence electrons. The normalized spacial score (nSPS) is 24.7. The average molecular weight is 385 g/mol. The molecule has 1 aliphatic heterocycles. The molecule has 1 N–H and O–H groups in total. The number of phosphoric ester groups is 1. The summed E-state index contributed by atoms with van der Waals surface area (Å²) in [4.78, 5) is 27.9. The van der Waals surface area contributed by atoms with Crippen LogP contribution in [0.4, 0.5) is 0 Å². The van der Waals surface area contributed by atoms with Crippen LogP contribution in [0.25, 0.3) is 0 Å². The van der Waals surface area contributed by atoms with Gasteiger partial charge in [0.2, 0.25) is 5.91 Å². The minimum Gasteiger partial charge on any atom is -0.461 e. The second-order valence-corrected chi connectivity index (χ2v) is 8.00. The zero-order chi connectivity index (χ0) is 19.2. The molecular weight excluding hydrogens is 363 g/mol. The van der Waals surface area contributed by atoms with E-state index in [1.54, 1.807) is 38.4 Å². The van der Waals surface area contributed by atoms with E-state index >= 15 is 0 Å². The molecule has 1 saturated heterocycles. The number of carbonyl (C=O) groups excluding carboxylic acids is 2. The highest BCUT2D eigenvalue weighted by Gasteiger charge is 2.48. The van der Waals surface area contributed by atoms with Crippen LogP contribution >= 0.6 is 7.82 Å². The Labute approximate surface area is 152 Å². The number of phosphoric acid groups is 1. The Kier molecular flexibility index (Phi) is 6.88. The van der Waals surface area contributed by atoms with Crippen LogP contribution in [0, 0.1) is 12.5 Å². The third-order valence-corrected chi connectivity index (χ3v) is 4.94. The number of hydrogen-bond acceptors (Lipinski definition) is 8. The predicted molar refractivity (Wildman–Crippen MR) is 90.3 cm³/mol. The van der Waals surface area contributed by atoms with Crippen LogP contribution in [0.1, 0.15) is 25.8 Å². The van der Waals surface area contributed by atoms with E-state index in [4.69, 9.17) is 13.8 Å². The van der Waals surface area contributed by atoms with Crippen molar-refractivity contribution in [1.82, 2.24) is 10.3 Å². The fraction of sp³-hybridized carbons (Fsp3) is 0.500. The number of aromatic nitrogens is 1. The third kappa shape index (κ3) is 5.60. The Morgan fingerprint density at radius 1 is 1.42 bits per heavy atom. The second kappa shape index (κ2) is 8.73. The van der Waals surface area contributed by atoms with Crippen molar-refractivity contribution in [2.45, 2.75) is 33.0 Å². The van der Waals surface area contributed by atoms with Gasteiger partial charge in [0.25, 0.3) is 0 Å². The van der Waals surface area contributed by atoms with Crippen LogP contribution in [0.3, 0.4) is 0 Å². The minimum absolute atomic E-state index is 0.00581. The first-order valence-corrected chi connectivity index (χ1v) is 9.41. The molecule has 1 radical (unpaired) electrons. The fourth-order valence-corrected chi connectivity index (χ4v) is 3.52. The van der Waals surface area contributed by atoms with Gasteiger partial charge in [0.15, 0.2) is 6.10 Å². The number of esters is 1. The molecule has 10 heteroatoms. The summed E-state index contributed by atoms with van der Waals surface area (Å²) in [5.74, 6) is -0.974. The summed E-state index contributed by atoms with van der Waals surface area (Å²) in [6.45, 7) is 3.65. The number of hydrogen-bond donors (Lipinski definition) is 1. The summed E-state index contributed by atoms with van der Waals surface area (Å²) in [5, 5.41) is 2.57. The molecule has 1 aliphatic rings. The Hall–Kier alpha value is -1.80. The topological polar surface area (TPSA) is 113 Å². The smallest absolute Gasteiger partial charge is 0.461 e. The van der Waals surface area contributed by atoms with E-state index in [0.717, 1.165) is 5.56 Å². The van der Waals surface area contributed by atoms with Crippen LogP contribution in [0.15, 0.2) is 24.5 Å². The van der Waals surface area contributed by atoms with Crippen molar-refractivity contribution in [3.8, 4) is 0 Å². The van der Waals surface area contributed by atoms with E-state index in [2.05, 4.69) is 21.9 Å². The van der Waals surface area contributed by atoms with Crippen LogP contribution in [0.2, 0.25) is 0 Å². The van der Waals surface area contributed by atoms with Gasteiger partial charge in [-0.1, -0.05) is 13.8 Å². The van der Waals surface area contributed by atoms with Crippen molar-refractivity contribution in [3.63, 3.8) is 0 Å². The van der Waals surface area contributed by atoms with Gasteiger partial charge < -0.3 is 10.1 Å². The summed E-state index contributed by atoms with van der Waals surface area (Å²) in [6.07, 6.45) is 2.14. The van der Waals surface area contributed by atoms with Gasteiger partial charge in [0.05, 0.1) is 20.1 Å². The molecule has 2 atom stereocenters. The van der Waals surface area contributed by atoms with E-state index in [-0.39, 0.29) is 26.2 Å². The minimum atomic E-state index is -3.85. The molecule has 26 heavy (non-hydrogen) atoms. The Morgan fingerprint density at radius 3 is 2.77 bits per heavy atom. The van der Waals surface area contributed by atoms with Gasteiger partial charge in [-0.3, -0.25) is 28.1 Å². The van der Waals surface area contributed by atoms with Gasteiger partial charge in [-0.25, -0.2) is 4.57 Å². The lowest BCUT2D eigenvalue weighted by atomic mass is 9.87. The molecular formula is C16H22N2O7P. The number of amides is 1. The highest BCUT2D eigenvalue weighted by Crippen LogP contribution is 2.56. The molecule has 0 aliphatic carbocycles. The molecule has 9 nitrogen and oxygen atoms in total. The maximum absolute atomic E-state index is 12.3. The summed E-state index contributed by atoms with van der Waals surface area (Å²) in [6, 6.07) is 3.48. The molecule has 0 spiro atoms. The van der Waals surface area contributed by atoms with Gasteiger partial charge in [0.1, 0.15) is 6.61 Å². The van der Waals surface area contributed by atoms with Crippen LogP contribution in [0.5, 0.6) is 0 Å². The number of pyridine rings is 1. The number of nitrogens with zero attached hydrogens (tertiary/aromatic N) is 1. The lowest BCUT2D eigenvalue weighted by molar-refractivity contribution is -0.145. The van der Waals surface area contributed by atoms with Crippen LogP contribution in [-0.2, 0) is 39.1 Å². The monoisotopic (exact) mass is 385 g/mol. The molecule has 0 saturated carbocycles. The van der Waals surface area contributed by atoms with Crippen molar-refractivity contribution < 1.29 is 32.5 Å². The van der Waals surface area contributed by atoms with E-state index in [9.17, 15) is 14.2 Å². The number of ether oxygens (including phenoxy) is 1. The highest BCUT2D eigenvalue weighted by molar-refractivity contribution is 7.48. The molecule has 1 unspecified atom stereocenters. The Balaban J connectivity index is 1.78. The summed E-state index contributed by atoms with van der Waals surface area (Å²) < 4.78 is 31.8. The van der Waals surface area contributed by atoms with Gasteiger partial charge in [0, 0.05) is 24.4 Å². The molecule has 1 fully saturated rings. The predicted octanol–water partition coefficient (Wildman–Crippen LogP) is 1.99. The van der Waals surface area contributed by atoms with Gasteiger partial charge >= 0.3 is 13.8 Å². The lowest BCUT2D eigenvalue weighted by Gasteiger charge is -2.38. The number of carbonyl (C=O) groups is 2. The summed E-state index contributed by atoms with van der Waals surface area (Å²) >= 11 is 0. The number of nitrogens with one attached hydrogen (secondary N) is 1. The third-order valence-electron chi connectivity index (χ3n) is 3.71. The maximum atomic E-state index is 12.3. The molecule has 1 aromatic heterocycles. The van der Waals surface area contributed by atoms with Crippen molar-refractivity contribution in [3.05, 3.63) is 37.2 Å². The van der Waals surface area contributed by atoms with E-state index in [1.807, 2.05) is 0 Å². The molecule has 2 rings (SSSR count). The van der Waals surface area contributed by atoms with Crippen molar-refractivity contribution in [2.75, 3.05) is 13.2 Å². The van der Waals surface area contributed by atoms with Gasteiger partial charge in [-0.15, -0.1) is 0 Å². The first-order chi connectivity index (χ1) is 12.3. The van der Waals surface area contributed by atoms with Crippen molar-refractivity contribution in [1.29, 1.82) is 0 Å². The maximum Gasteiger partial charge on any atom is 0.475 e. The lowest BCUT2D eigenvalue weighted by Crippen LogP contribution is -2.49. The van der Waals surface area contributed by atoms with Gasteiger partial charge in [-0.2, -0.15) is 0 Å². The molecule has 1 amide bonds. The van der Waals surface area contributed by atoms with Crippen LogP contribution < -0.4 is 5.32 Å². The van der Waals surface area contributed by atoms with E-state index in [1.165, 1.54) is 0 Å². The quantitative estimate of drug-likeness (QED) is 0.560. The fourth-order valence-electron chi connectivity index (χ4n) is 2.19. The van der Waals surface area contributed by atoms with Crippen LogP contribution in [-0.4, -0.2) is 36.1 Å². The average Bonchev–Trinajstić information content (AvgIpc) is 2.63. The first-order valence-electron chi connectivity index (χ1n) is 7.95. The SMILES string of the molecule is [CH2]OP1(=O)OCC(C)(C)[C@H](C(=O)NCCC(=O)OCc2ccncc2)O1. The second-order valence-electron chi connectivity index (χ2n) is 6.38. The van der Waals surface area contributed by atoms with E-state index < -0.39 is 31.2 Å². The standard InChI is InChI=1S/C16H22N2O7P/c1-16(2)11-24-26(21,22-3)25-14(16)15(20)18-9-6-13(19)23-10-12-4-7-17-8-5-12/h4-5,7-8,14H,3,6,9-11H2,1-2H3,(H,18,20)/t14-,26?/m0/s1.